The number of aliphatic hydroxyl groups excluding tert-OH is 1. The van der Waals surface area contributed by atoms with Crippen LogP contribution in [0.15, 0.2) is 36.4 Å². The molecule has 0 saturated carbocycles. The van der Waals surface area contributed by atoms with Gasteiger partial charge in [-0.25, -0.2) is 9.37 Å². The standard InChI is InChI=1S/C24H26FN5O2/c1-14-6-5-7-15(2)21(14)30-13-26-23(32)19-20(18-9-8-17(25)12-16(18)3)27-24(28-22(19)30)29(4)10-11-31/h5-9,12,31H,10-11,13H2,1-4H3,(H,26,32). The molecule has 0 aliphatic carbocycles. The Morgan fingerprint density at radius 2 is 1.84 bits per heavy atom. The number of amides is 1. The highest BCUT2D eigenvalue weighted by molar-refractivity contribution is 6.07. The molecule has 0 atom stereocenters. The van der Waals surface area contributed by atoms with E-state index in [1.165, 1.54) is 12.1 Å². The molecule has 0 fully saturated rings. The summed E-state index contributed by atoms with van der Waals surface area (Å²) in [5.41, 5.74) is 5.16. The maximum absolute atomic E-state index is 13.8. The van der Waals surface area contributed by atoms with Gasteiger partial charge >= 0.3 is 0 Å². The Morgan fingerprint density at radius 3 is 2.50 bits per heavy atom. The molecule has 0 bridgehead atoms. The summed E-state index contributed by atoms with van der Waals surface area (Å²) in [5.74, 6) is 0.230. The van der Waals surface area contributed by atoms with Crippen molar-refractivity contribution in [3.63, 3.8) is 0 Å². The second-order valence-corrected chi connectivity index (χ2v) is 8.01. The minimum atomic E-state index is -0.353. The highest BCUT2D eigenvalue weighted by atomic mass is 19.1. The Hall–Kier alpha value is -3.52. The first-order valence-electron chi connectivity index (χ1n) is 10.4. The third kappa shape index (κ3) is 3.78. The zero-order valence-electron chi connectivity index (χ0n) is 18.6. The summed E-state index contributed by atoms with van der Waals surface area (Å²) in [6.45, 7) is 6.35. The number of hydrogen-bond acceptors (Lipinski definition) is 6. The van der Waals surface area contributed by atoms with Gasteiger partial charge < -0.3 is 20.2 Å². The molecular weight excluding hydrogens is 409 g/mol. The highest BCUT2D eigenvalue weighted by Gasteiger charge is 2.32. The first-order chi connectivity index (χ1) is 15.3. The van der Waals surface area contributed by atoms with Crippen LogP contribution in [0, 0.1) is 26.6 Å². The first kappa shape index (κ1) is 21.7. The molecule has 0 saturated heterocycles. The topological polar surface area (TPSA) is 81.6 Å². The van der Waals surface area contributed by atoms with Gasteiger partial charge in [-0.2, -0.15) is 4.98 Å². The van der Waals surface area contributed by atoms with Crippen molar-refractivity contribution in [2.75, 3.05) is 36.7 Å². The summed E-state index contributed by atoms with van der Waals surface area (Å²) < 4.78 is 13.8. The minimum Gasteiger partial charge on any atom is -0.395 e. The van der Waals surface area contributed by atoms with Crippen LogP contribution in [0.3, 0.4) is 0 Å². The number of rotatable bonds is 5. The van der Waals surface area contributed by atoms with Crippen LogP contribution in [0.2, 0.25) is 0 Å². The van der Waals surface area contributed by atoms with Crippen LogP contribution in [-0.2, 0) is 0 Å². The van der Waals surface area contributed by atoms with E-state index >= 15 is 0 Å². The normalized spacial score (nSPS) is 13.1. The van der Waals surface area contributed by atoms with E-state index in [2.05, 4.69) is 10.3 Å². The zero-order valence-corrected chi connectivity index (χ0v) is 18.6. The third-order valence-corrected chi connectivity index (χ3v) is 5.69. The number of aryl methyl sites for hydroxylation is 3. The Labute approximate surface area is 186 Å². The molecule has 1 aliphatic heterocycles. The van der Waals surface area contributed by atoms with Crippen LogP contribution >= 0.6 is 0 Å². The number of fused-ring (bicyclic) bond motifs is 1. The quantitative estimate of drug-likeness (QED) is 0.639. The number of likely N-dealkylation sites (N-methyl/N-ethyl adjacent to an activating group) is 1. The van der Waals surface area contributed by atoms with Crippen molar-refractivity contribution in [1.82, 2.24) is 15.3 Å². The Morgan fingerprint density at radius 1 is 1.12 bits per heavy atom. The van der Waals surface area contributed by atoms with Crippen LogP contribution in [0.4, 0.5) is 21.8 Å². The summed E-state index contributed by atoms with van der Waals surface area (Å²) in [5, 5.41) is 12.4. The molecule has 4 rings (SSSR count). The number of halogens is 1. The van der Waals surface area contributed by atoms with Crippen molar-refractivity contribution in [1.29, 1.82) is 0 Å². The fourth-order valence-electron chi connectivity index (χ4n) is 4.08. The lowest BCUT2D eigenvalue weighted by Gasteiger charge is -2.34. The molecule has 1 aliphatic rings. The highest BCUT2D eigenvalue weighted by Crippen LogP contribution is 2.39. The first-order valence-corrected chi connectivity index (χ1v) is 10.4. The molecule has 3 aromatic rings. The molecule has 2 heterocycles. The Bertz CT molecular complexity index is 1180. The Balaban J connectivity index is 2.02. The molecule has 2 N–H and O–H groups in total. The number of aliphatic hydroxyl groups is 1. The number of hydrogen-bond donors (Lipinski definition) is 2. The van der Waals surface area contributed by atoms with Crippen molar-refractivity contribution in [2.24, 2.45) is 0 Å². The van der Waals surface area contributed by atoms with E-state index < -0.39 is 0 Å². The lowest BCUT2D eigenvalue weighted by atomic mass is 9.99. The van der Waals surface area contributed by atoms with Crippen molar-refractivity contribution in [3.8, 4) is 11.3 Å². The molecule has 32 heavy (non-hydrogen) atoms. The molecule has 0 unspecified atom stereocenters. The monoisotopic (exact) mass is 435 g/mol. The van der Waals surface area contributed by atoms with Gasteiger partial charge in [0, 0.05) is 19.2 Å². The van der Waals surface area contributed by atoms with Gasteiger partial charge in [0.25, 0.3) is 5.91 Å². The lowest BCUT2D eigenvalue weighted by molar-refractivity contribution is 0.0949. The van der Waals surface area contributed by atoms with Gasteiger partial charge in [0.1, 0.15) is 11.4 Å². The van der Waals surface area contributed by atoms with Crippen LogP contribution in [-0.4, -0.2) is 47.8 Å². The number of nitrogens with zero attached hydrogens (tertiary/aromatic N) is 4. The van der Waals surface area contributed by atoms with Gasteiger partial charge in [0.15, 0.2) is 5.82 Å². The lowest BCUT2D eigenvalue weighted by Crippen LogP contribution is -2.43. The van der Waals surface area contributed by atoms with Crippen LogP contribution in [0.5, 0.6) is 0 Å². The molecule has 1 amide bonds. The average molecular weight is 436 g/mol. The summed E-state index contributed by atoms with van der Waals surface area (Å²) in [7, 11) is 1.78. The van der Waals surface area contributed by atoms with E-state index in [1.807, 2.05) is 36.9 Å². The number of nitrogens with one attached hydrogen (secondary N) is 1. The maximum Gasteiger partial charge on any atom is 0.258 e. The number of aromatic nitrogens is 2. The number of carbonyl (C=O) groups is 1. The number of para-hydroxylation sites is 1. The van der Waals surface area contributed by atoms with E-state index in [0.29, 0.717) is 40.7 Å². The van der Waals surface area contributed by atoms with Gasteiger partial charge in [-0.05, 0) is 55.7 Å². The molecule has 0 spiro atoms. The Kier molecular flexibility index (Phi) is 5.80. The van der Waals surface area contributed by atoms with Gasteiger partial charge in [-0.1, -0.05) is 18.2 Å². The molecule has 7 nitrogen and oxygen atoms in total. The van der Waals surface area contributed by atoms with Crippen LogP contribution in [0.25, 0.3) is 11.3 Å². The van der Waals surface area contributed by atoms with Crippen molar-refractivity contribution in [2.45, 2.75) is 20.8 Å². The van der Waals surface area contributed by atoms with Crippen LogP contribution < -0.4 is 15.1 Å². The minimum absolute atomic E-state index is 0.0665. The fourth-order valence-corrected chi connectivity index (χ4v) is 4.08. The predicted molar refractivity (Wildman–Crippen MR) is 123 cm³/mol. The summed E-state index contributed by atoms with van der Waals surface area (Å²) >= 11 is 0. The van der Waals surface area contributed by atoms with E-state index in [4.69, 9.17) is 4.98 Å². The third-order valence-electron chi connectivity index (χ3n) is 5.69. The predicted octanol–water partition coefficient (Wildman–Crippen LogP) is 3.48. The van der Waals surface area contributed by atoms with E-state index in [-0.39, 0.29) is 25.0 Å². The van der Waals surface area contributed by atoms with E-state index in [0.717, 1.165) is 16.8 Å². The second-order valence-electron chi connectivity index (χ2n) is 8.01. The number of benzene rings is 2. The van der Waals surface area contributed by atoms with Gasteiger partial charge in [0.2, 0.25) is 5.95 Å². The zero-order chi connectivity index (χ0) is 23.0. The van der Waals surface area contributed by atoms with Crippen LogP contribution in [0.1, 0.15) is 27.0 Å². The molecule has 1 aromatic heterocycles. The van der Waals surface area contributed by atoms with Crippen molar-refractivity contribution >= 4 is 23.4 Å². The molecule has 0 radical (unpaired) electrons. The van der Waals surface area contributed by atoms with E-state index in [9.17, 15) is 14.3 Å². The summed E-state index contributed by atoms with van der Waals surface area (Å²) in [6, 6.07) is 10.4. The average Bonchev–Trinajstić information content (AvgIpc) is 2.74. The molecule has 166 valence electrons. The summed E-state index contributed by atoms with van der Waals surface area (Å²) in [6.07, 6.45) is 0. The molecular formula is C24H26FN5O2. The van der Waals surface area contributed by atoms with Crippen molar-refractivity contribution < 1.29 is 14.3 Å². The van der Waals surface area contributed by atoms with Crippen molar-refractivity contribution in [3.05, 3.63) is 64.5 Å². The van der Waals surface area contributed by atoms with Gasteiger partial charge in [-0.3, -0.25) is 4.79 Å². The maximum atomic E-state index is 13.8. The molecule has 8 heteroatoms. The van der Waals surface area contributed by atoms with E-state index in [1.54, 1.807) is 24.9 Å². The second kappa shape index (κ2) is 8.55. The van der Waals surface area contributed by atoms with Gasteiger partial charge in [-0.15, -0.1) is 0 Å². The van der Waals surface area contributed by atoms with Gasteiger partial charge in [0.05, 0.1) is 24.7 Å². The number of anilines is 3. The largest absolute Gasteiger partial charge is 0.395 e. The fraction of sp³-hybridized carbons (Fsp3) is 0.292. The smallest absolute Gasteiger partial charge is 0.258 e. The SMILES string of the molecule is Cc1cc(F)ccc1-c1nc(N(C)CCO)nc2c1C(=O)NCN2c1c(C)cccc1C. The summed E-state index contributed by atoms with van der Waals surface area (Å²) in [4.78, 5) is 26.2. The molecule has 2 aromatic carbocycles. The number of carbonyl (C=O) groups excluding carboxylic acids is 1.